The fraction of sp³-hybridized carbons (Fsp3) is 0.500. The molecule has 2 heterocycles. The van der Waals surface area contributed by atoms with E-state index < -0.39 is 78.7 Å². The lowest BCUT2D eigenvalue weighted by Gasteiger charge is -2.30. The number of rotatable bonds is 10. The smallest absolute Gasteiger partial charge is 0.332 e. The van der Waals surface area contributed by atoms with Crippen LogP contribution in [0.25, 0.3) is 0 Å². The number of aromatic nitrogens is 1. The van der Waals surface area contributed by atoms with Gasteiger partial charge in [-0.05, 0) is 18.9 Å². The lowest BCUT2D eigenvalue weighted by atomic mass is 9.89. The van der Waals surface area contributed by atoms with Gasteiger partial charge in [-0.2, -0.15) is 0 Å². The molecule has 1 unspecified atom stereocenters. The molecule has 13 heteroatoms. The molecular weight excluding hydrogens is 588 g/mol. The van der Waals surface area contributed by atoms with Crippen molar-refractivity contribution in [1.82, 2.24) is 10.3 Å². The zero-order valence-corrected chi connectivity index (χ0v) is 26.1. The van der Waals surface area contributed by atoms with Gasteiger partial charge in [0.1, 0.15) is 18.1 Å². The molecule has 45 heavy (non-hydrogen) atoms. The van der Waals surface area contributed by atoms with Gasteiger partial charge in [-0.15, -0.1) is 0 Å². The molecule has 1 aliphatic carbocycles. The zero-order valence-electron chi connectivity index (χ0n) is 26.1. The topological polar surface area (TPSA) is 166 Å². The van der Waals surface area contributed by atoms with Gasteiger partial charge in [-0.1, -0.05) is 58.0 Å². The number of hydrogen-bond acceptors (Lipinski definition) is 12. The highest BCUT2D eigenvalue weighted by Gasteiger charge is 2.70. The van der Waals surface area contributed by atoms with Crippen LogP contribution in [0, 0.1) is 17.3 Å². The highest BCUT2D eigenvalue weighted by molar-refractivity contribution is 5.98. The Kier molecular flexibility index (Phi) is 10.3. The second kappa shape index (κ2) is 14.0. The third-order valence-corrected chi connectivity index (χ3v) is 7.69. The van der Waals surface area contributed by atoms with Crippen LogP contribution in [-0.4, -0.2) is 73.5 Å². The third-order valence-electron chi connectivity index (χ3n) is 7.69. The Morgan fingerprint density at radius 1 is 1.04 bits per heavy atom. The number of pyridine rings is 1. The first-order chi connectivity index (χ1) is 21.4. The van der Waals surface area contributed by atoms with E-state index in [1.165, 1.54) is 26.3 Å². The molecule has 242 valence electrons. The SMILES string of the molecule is COc1ccnc(C(=O)N[C@H]2COC(=O)C3(C[C@H]3c3ccccc3)[C@@H](OC(=O)C(C)C)[C@H](C)OC2=O)c1OCOC(=O)C(C)C. The van der Waals surface area contributed by atoms with Crippen LogP contribution < -0.4 is 14.8 Å². The fourth-order valence-electron chi connectivity index (χ4n) is 5.14. The van der Waals surface area contributed by atoms with E-state index in [0.29, 0.717) is 6.42 Å². The fourth-order valence-corrected chi connectivity index (χ4v) is 5.14. The van der Waals surface area contributed by atoms with Crippen molar-refractivity contribution in [2.24, 2.45) is 17.3 Å². The highest BCUT2D eigenvalue weighted by atomic mass is 16.7. The summed E-state index contributed by atoms with van der Waals surface area (Å²) in [4.78, 5) is 69.3. The number of amides is 1. The van der Waals surface area contributed by atoms with Gasteiger partial charge in [0.2, 0.25) is 6.79 Å². The van der Waals surface area contributed by atoms with Crippen LogP contribution >= 0.6 is 0 Å². The Bertz CT molecular complexity index is 1430. The van der Waals surface area contributed by atoms with Gasteiger partial charge >= 0.3 is 23.9 Å². The zero-order chi connectivity index (χ0) is 32.9. The number of carbonyl (C=O) groups excluding carboxylic acids is 5. The summed E-state index contributed by atoms with van der Waals surface area (Å²) in [6, 6.07) is 9.24. The molecule has 1 N–H and O–H groups in total. The van der Waals surface area contributed by atoms with E-state index in [2.05, 4.69) is 10.3 Å². The molecule has 1 spiro atoms. The van der Waals surface area contributed by atoms with Gasteiger partial charge in [0, 0.05) is 18.2 Å². The number of hydrogen-bond donors (Lipinski definition) is 1. The molecule has 0 radical (unpaired) electrons. The Hall–Kier alpha value is -4.68. The maximum Gasteiger partial charge on any atom is 0.332 e. The van der Waals surface area contributed by atoms with Crippen molar-refractivity contribution in [2.75, 3.05) is 20.5 Å². The standard InChI is InChI=1S/C32H38N2O11/c1-17(2)28(36)43-16-42-25-23(40-6)12-13-33-24(25)27(35)34-22-15-41-31(39)32(14-21(32)20-10-8-7-9-11-20)26(19(5)44-30(22)38)45-29(37)18(3)4/h7-13,17-19,21-22,26H,14-16H2,1-6H3,(H,34,35)/t19-,21-,22-,26-,32?/m0/s1. The number of cyclic esters (lactones) is 2. The van der Waals surface area contributed by atoms with Crippen molar-refractivity contribution in [3.63, 3.8) is 0 Å². The predicted octanol–water partition coefficient (Wildman–Crippen LogP) is 2.95. The minimum absolute atomic E-state index is 0.116. The van der Waals surface area contributed by atoms with Gasteiger partial charge in [0.05, 0.1) is 18.9 Å². The average molecular weight is 627 g/mol. The largest absolute Gasteiger partial charge is 0.493 e. The quantitative estimate of drug-likeness (QED) is 0.233. The lowest BCUT2D eigenvalue weighted by Crippen LogP contribution is -2.47. The molecule has 4 rings (SSSR count). The van der Waals surface area contributed by atoms with Crippen molar-refractivity contribution in [1.29, 1.82) is 0 Å². The van der Waals surface area contributed by atoms with E-state index in [0.717, 1.165) is 5.56 Å². The first-order valence-electron chi connectivity index (χ1n) is 14.7. The Morgan fingerprint density at radius 2 is 1.73 bits per heavy atom. The van der Waals surface area contributed by atoms with Crippen LogP contribution in [0.4, 0.5) is 0 Å². The number of methoxy groups -OCH3 is 1. The molecule has 1 amide bonds. The Balaban J connectivity index is 1.58. The van der Waals surface area contributed by atoms with Gasteiger partial charge in [0.25, 0.3) is 5.91 Å². The third kappa shape index (κ3) is 7.18. The number of ether oxygens (including phenoxy) is 6. The number of carbonyl (C=O) groups is 5. The molecule has 2 aliphatic rings. The molecule has 2 fully saturated rings. The molecule has 1 aromatic heterocycles. The van der Waals surface area contributed by atoms with Gasteiger partial charge in [-0.3, -0.25) is 19.2 Å². The second-order valence-electron chi connectivity index (χ2n) is 11.6. The van der Waals surface area contributed by atoms with E-state index in [1.54, 1.807) is 27.7 Å². The highest BCUT2D eigenvalue weighted by Crippen LogP contribution is 2.64. The average Bonchev–Trinajstić information content (AvgIpc) is 3.77. The van der Waals surface area contributed by atoms with Crippen LogP contribution in [-0.2, 0) is 38.1 Å². The molecular formula is C32H38N2O11. The Morgan fingerprint density at radius 3 is 2.38 bits per heavy atom. The summed E-state index contributed by atoms with van der Waals surface area (Å²) in [6.45, 7) is 7.07. The number of benzene rings is 1. The number of esters is 4. The lowest BCUT2D eigenvalue weighted by molar-refractivity contribution is -0.179. The van der Waals surface area contributed by atoms with E-state index in [9.17, 15) is 24.0 Å². The molecule has 1 aliphatic heterocycles. The van der Waals surface area contributed by atoms with Crippen LogP contribution in [0.5, 0.6) is 11.5 Å². The van der Waals surface area contributed by atoms with E-state index in [1.807, 2.05) is 30.3 Å². The summed E-state index contributed by atoms with van der Waals surface area (Å²) in [5.74, 6) is -4.85. The van der Waals surface area contributed by atoms with Crippen LogP contribution in [0.3, 0.4) is 0 Å². The first kappa shape index (κ1) is 33.2. The minimum Gasteiger partial charge on any atom is -0.493 e. The molecule has 1 saturated carbocycles. The van der Waals surface area contributed by atoms with E-state index >= 15 is 0 Å². The summed E-state index contributed by atoms with van der Waals surface area (Å²) < 4.78 is 33.0. The summed E-state index contributed by atoms with van der Waals surface area (Å²) >= 11 is 0. The summed E-state index contributed by atoms with van der Waals surface area (Å²) in [5.41, 5.74) is -0.736. The monoisotopic (exact) mass is 626 g/mol. The maximum atomic E-state index is 13.8. The first-order valence-corrected chi connectivity index (χ1v) is 14.7. The van der Waals surface area contributed by atoms with Crippen molar-refractivity contribution in [3.8, 4) is 11.5 Å². The number of nitrogens with one attached hydrogen (secondary N) is 1. The van der Waals surface area contributed by atoms with Crippen molar-refractivity contribution in [3.05, 3.63) is 53.9 Å². The van der Waals surface area contributed by atoms with E-state index in [-0.39, 0.29) is 23.1 Å². The van der Waals surface area contributed by atoms with Crippen molar-refractivity contribution < 1.29 is 52.4 Å². The second-order valence-corrected chi connectivity index (χ2v) is 11.6. The van der Waals surface area contributed by atoms with Gasteiger partial charge < -0.3 is 33.7 Å². The van der Waals surface area contributed by atoms with Crippen LogP contribution in [0.1, 0.15) is 63.0 Å². The van der Waals surface area contributed by atoms with Gasteiger partial charge in [-0.25, -0.2) is 9.78 Å². The minimum atomic E-state index is -1.45. The summed E-state index contributed by atoms with van der Waals surface area (Å²) in [5, 5.41) is 2.49. The maximum absolute atomic E-state index is 13.8. The van der Waals surface area contributed by atoms with Crippen LogP contribution in [0.2, 0.25) is 0 Å². The molecule has 13 nitrogen and oxygen atoms in total. The van der Waals surface area contributed by atoms with Crippen LogP contribution in [0.15, 0.2) is 42.6 Å². The summed E-state index contributed by atoms with van der Waals surface area (Å²) in [6.07, 6.45) is -0.611. The van der Waals surface area contributed by atoms with E-state index in [4.69, 9.17) is 28.4 Å². The normalized spacial score (nSPS) is 24.4. The van der Waals surface area contributed by atoms with Crippen molar-refractivity contribution in [2.45, 2.75) is 65.2 Å². The summed E-state index contributed by atoms with van der Waals surface area (Å²) in [7, 11) is 1.35. The predicted molar refractivity (Wildman–Crippen MR) is 156 cm³/mol. The molecule has 1 aromatic carbocycles. The molecule has 0 bridgehead atoms. The van der Waals surface area contributed by atoms with Gasteiger partial charge in [0.15, 0.2) is 29.3 Å². The molecule has 1 saturated heterocycles. The van der Waals surface area contributed by atoms with Crippen molar-refractivity contribution >= 4 is 29.8 Å². The molecule has 2 aromatic rings. The molecule has 5 atom stereocenters. The Labute approximate surface area is 260 Å². The number of nitrogens with zero attached hydrogens (tertiary/aromatic N) is 1.